The lowest BCUT2D eigenvalue weighted by Gasteiger charge is -1.99. The van der Waals surface area contributed by atoms with E-state index in [-0.39, 0.29) is 5.56 Å². The highest BCUT2D eigenvalue weighted by Crippen LogP contribution is 2.18. The van der Waals surface area contributed by atoms with Crippen molar-refractivity contribution in [1.82, 2.24) is 0 Å². The maximum absolute atomic E-state index is 12.2. The van der Waals surface area contributed by atoms with Gasteiger partial charge in [0, 0.05) is 4.47 Å². The Morgan fingerprint density at radius 3 is 2.50 bits per heavy atom. The van der Waals surface area contributed by atoms with Gasteiger partial charge in [-0.3, -0.25) is 9.59 Å². The lowest BCUT2D eigenvalue weighted by molar-refractivity contribution is 0.104. The molecule has 0 aliphatic heterocycles. The Labute approximate surface area is 135 Å². The number of carbonyl (C=O) groups is 1. The molecule has 1 N–H and O–H groups in total. The van der Waals surface area contributed by atoms with Gasteiger partial charge in [0.2, 0.25) is 5.43 Å². The van der Waals surface area contributed by atoms with E-state index in [9.17, 15) is 14.7 Å². The zero-order chi connectivity index (χ0) is 16.1. The molecule has 5 heteroatoms. The van der Waals surface area contributed by atoms with Crippen molar-refractivity contribution in [3.05, 3.63) is 74.4 Å². The maximum atomic E-state index is 12.2. The average molecular weight is 361 g/mol. The van der Waals surface area contributed by atoms with Gasteiger partial charge in [0.1, 0.15) is 5.75 Å². The third-order valence-corrected chi connectivity index (χ3v) is 3.47. The fraction of sp³-hybridized carbons (Fsp3) is 0.0588. The van der Waals surface area contributed by atoms with E-state index >= 15 is 0 Å². The SMILES string of the molecule is COc1ccc(/C=C/C(=O)c2cc(Br)ccc(=O)c2O)cc1. The highest BCUT2D eigenvalue weighted by molar-refractivity contribution is 9.10. The van der Waals surface area contributed by atoms with Crippen molar-refractivity contribution in [2.24, 2.45) is 0 Å². The van der Waals surface area contributed by atoms with Crippen molar-refractivity contribution in [1.29, 1.82) is 0 Å². The second-order valence-corrected chi connectivity index (χ2v) is 5.38. The van der Waals surface area contributed by atoms with Gasteiger partial charge in [0.25, 0.3) is 0 Å². The van der Waals surface area contributed by atoms with Gasteiger partial charge in [0.05, 0.1) is 12.7 Å². The molecular formula is C17H13BrO4. The molecule has 0 aliphatic rings. The highest BCUT2D eigenvalue weighted by Gasteiger charge is 2.10. The first-order chi connectivity index (χ1) is 10.5. The molecule has 0 heterocycles. The number of carbonyl (C=O) groups excluding carboxylic acids is 1. The van der Waals surface area contributed by atoms with Crippen LogP contribution < -0.4 is 10.2 Å². The van der Waals surface area contributed by atoms with E-state index in [1.165, 1.54) is 24.3 Å². The van der Waals surface area contributed by atoms with Gasteiger partial charge in [-0.2, -0.15) is 0 Å². The van der Waals surface area contributed by atoms with Crippen LogP contribution in [0, 0.1) is 0 Å². The van der Waals surface area contributed by atoms with Crippen LogP contribution in [0.25, 0.3) is 6.08 Å². The summed E-state index contributed by atoms with van der Waals surface area (Å²) in [4.78, 5) is 23.8. The Kier molecular flexibility index (Phi) is 5.12. The summed E-state index contributed by atoms with van der Waals surface area (Å²) in [5, 5.41) is 9.81. The number of hydrogen-bond donors (Lipinski definition) is 1. The normalized spacial score (nSPS) is 10.6. The third kappa shape index (κ3) is 3.83. The van der Waals surface area contributed by atoms with Crippen LogP contribution in [0.1, 0.15) is 15.9 Å². The zero-order valence-electron chi connectivity index (χ0n) is 11.7. The van der Waals surface area contributed by atoms with Crippen molar-refractivity contribution in [3.8, 4) is 11.5 Å². The lowest BCUT2D eigenvalue weighted by atomic mass is 10.1. The van der Waals surface area contributed by atoms with Crippen molar-refractivity contribution in [2.75, 3.05) is 7.11 Å². The standard InChI is InChI=1S/C17H13BrO4/c1-22-13-6-2-11(3-7-13)4-8-15(19)14-10-12(18)5-9-16(20)17(14)21/h2-10H,1H3,(H,20,21)/b8-4+. The van der Waals surface area contributed by atoms with Gasteiger partial charge in [-0.15, -0.1) is 0 Å². The van der Waals surface area contributed by atoms with Gasteiger partial charge in [-0.05, 0) is 42.0 Å². The summed E-state index contributed by atoms with van der Waals surface area (Å²) < 4.78 is 5.59. The minimum atomic E-state index is -0.605. The van der Waals surface area contributed by atoms with Crippen molar-refractivity contribution in [2.45, 2.75) is 0 Å². The largest absolute Gasteiger partial charge is 0.504 e. The number of benzene rings is 1. The third-order valence-electron chi connectivity index (χ3n) is 2.97. The summed E-state index contributed by atoms with van der Waals surface area (Å²) in [5.74, 6) is -0.298. The van der Waals surface area contributed by atoms with Crippen LogP contribution >= 0.6 is 15.9 Å². The molecule has 0 bridgehead atoms. The molecule has 4 nitrogen and oxygen atoms in total. The van der Waals surface area contributed by atoms with Crippen molar-refractivity contribution in [3.63, 3.8) is 0 Å². The quantitative estimate of drug-likeness (QED) is 0.670. The van der Waals surface area contributed by atoms with E-state index in [1.807, 2.05) is 0 Å². The number of hydrogen-bond acceptors (Lipinski definition) is 4. The number of ether oxygens (including phenoxy) is 1. The Hall–Kier alpha value is -2.40. The minimum Gasteiger partial charge on any atom is -0.504 e. The number of methoxy groups -OCH3 is 1. The molecule has 2 aromatic carbocycles. The maximum Gasteiger partial charge on any atom is 0.220 e. The Bertz CT molecular complexity index is 780. The molecule has 0 spiro atoms. The molecule has 0 aliphatic carbocycles. The summed E-state index contributed by atoms with van der Waals surface area (Å²) in [5.41, 5.74) is 0.147. The molecule has 0 fully saturated rings. The number of rotatable bonds is 4. The topological polar surface area (TPSA) is 63.6 Å². The van der Waals surface area contributed by atoms with Crippen LogP contribution in [0.5, 0.6) is 11.5 Å². The molecule has 0 unspecified atom stereocenters. The van der Waals surface area contributed by atoms with E-state index in [0.717, 1.165) is 11.3 Å². The van der Waals surface area contributed by atoms with Crippen molar-refractivity contribution < 1.29 is 14.6 Å². The molecule has 0 saturated carbocycles. The Morgan fingerprint density at radius 2 is 1.86 bits per heavy atom. The Balaban J connectivity index is 2.31. The molecule has 0 amide bonds. The molecule has 0 atom stereocenters. The molecule has 0 radical (unpaired) electrons. The van der Waals surface area contributed by atoms with E-state index in [2.05, 4.69) is 15.9 Å². The molecule has 0 aromatic heterocycles. The second-order valence-electron chi connectivity index (χ2n) is 4.46. The van der Waals surface area contributed by atoms with Crippen LogP contribution in [0.2, 0.25) is 0 Å². The molecule has 2 rings (SSSR count). The Morgan fingerprint density at radius 1 is 1.18 bits per heavy atom. The summed E-state index contributed by atoms with van der Waals surface area (Å²) in [6.45, 7) is 0. The predicted molar refractivity (Wildman–Crippen MR) is 88.4 cm³/mol. The number of ketones is 1. The van der Waals surface area contributed by atoms with Crippen LogP contribution in [0.15, 0.2) is 57.8 Å². The monoisotopic (exact) mass is 360 g/mol. The first-order valence-electron chi connectivity index (χ1n) is 6.40. The van der Waals surface area contributed by atoms with Crippen LogP contribution in [0.3, 0.4) is 0 Å². The van der Waals surface area contributed by atoms with E-state index < -0.39 is 17.0 Å². The molecular weight excluding hydrogens is 348 g/mol. The first-order valence-corrected chi connectivity index (χ1v) is 7.20. The smallest absolute Gasteiger partial charge is 0.220 e. The molecule has 2 aromatic rings. The van der Waals surface area contributed by atoms with Gasteiger partial charge >= 0.3 is 0 Å². The highest BCUT2D eigenvalue weighted by atomic mass is 79.9. The van der Waals surface area contributed by atoms with Gasteiger partial charge < -0.3 is 9.84 Å². The number of halogens is 1. The molecule has 22 heavy (non-hydrogen) atoms. The second kappa shape index (κ2) is 7.04. The van der Waals surface area contributed by atoms with E-state index in [4.69, 9.17) is 4.74 Å². The minimum absolute atomic E-state index is 0.0494. The van der Waals surface area contributed by atoms with Crippen LogP contribution in [-0.4, -0.2) is 18.0 Å². The summed E-state index contributed by atoms with van der Waals surface area (Å²) in [6.07, 6.45) is 2.91. The van der Waals surface area contributed by atoms with E-state index in [0.29, 0.717) is 4.47 Å². The van der Waals surface area contributed by atoms with Crippen LogP contribution in [-0.2, 0) is 0 Å². The fourth-order valence-corrected chi connectivity index (χ4v) is 2.15. The lowest BCUT2D eigenvalue weighted by Crippen LogP contribution is -2.01. The van der Waals surface area contributed by atoms with Gasteiger partial charge in [-0.1, -0.05) is 34.1 Å². The fourth-order valence-electron chi connectivity index (χ4n) is 1.79. The number of allylic oxidation sites excluding steroid dienone is 1. The first kappa shape index (κ1) is 16.0. The summed E-state index contributed by atoms with van der Waals surface area (Å²) >= 11 is 3.20. The van der Waals surface area contributed by atoms with Gasteiger partial charge in [0.15, 0.2) is 11.5 Å². The summed E-state index contributed by atoms with van der Waals surface area (Å²) in [7, 11) is 1.57. The zero-order valence-corrected chi connectivity index (χ0v) is 13.3. The van der Waals surface area contributed by atoms with Crippen LogP contribution in [0.4, 0.5) is 0 Å². The predicted octanol–water partition coefficient (Wildman–Crippen LogP) is 3.42. The van der Waals surface area contributed by atoms with Gasteiger partial charge in [-0.25, -0.2) is 0 Å². The molecule has 0 saturated heterocycles. The molecule has 112 valence electrons. The number of aromatic hydroxyl groups is 1. The van der Waals surface area contributed by atoms with Crippen molar-refractivity contribution >= 4 is 27.8 Å². The summed E-state index contributed by atoms with van der Waals surface area (Å²) in [6, 6.07) is 11.2. The van der Waals surface area contributed by atoms with E-state index in [1.54, 1.807) is 37.5 Å². The average Bonchev–Trinajstić information content (AvgIpc) is 2.66.